The standard InChI is InChI=1S/C21H25N3O3/c1-15-6-9-20(25)24(22-15)14-16-10-12-23(13-11-16)21(26)19-8-7-17-4-2-3-5-18(17)27-19/h2-6,9,16,19H,7-8,10-14H2,1H3. The molecule has 2 aromatic rings. The number of carbonyl (C=O) groups is 1. The van der Waals surface area contributed by atoms with E-state index in [0.717, 1.165) is 37.1 Å². The predicted octanol–water partition coefficient (Wildman–Crippen LogP) is 2.18. The van der Waals surface area contributed by atoms with E-state index >= 15 is 0 Å². The lowest BCUT2D eigenvalue weighted by Crippen LogP contribution is -2.47. The Labute approximate surface area is 158 Å². The lowest BCUT2D eigenvalue weighted by molar-refractivity contribution is -0.141. The molecule has 1 aromatic carbocycles. The van der Waals surface area contributed by atoms with Gasteiger partial charge < -0.3 is 9.64 Å². The fraction of sp³-hybridized carbons (Fsp3) is 0.476. The number of para-hydroxylation sites is 1. The molecule has 1 amide bonds. The average Bonchev–Trinajstić information content (AvgIpc) is 2.70. The van der Waals surface area contributed by atoms with Gasteiger partial charge in [-0.15, -0.1) is 0 Å². The van der Waals surface area contributed by atoms with Gasteiger partial charge in [-0.2, -0.15) is 5.10 Å². The molecule has 3 heterocycles. The Balaban J connectivity index is 1.33. The third-order valence-corrected chi connectivity index (χ3v) is 5.55. The molecule has 27 heavy (non-hydrogen) atoms. The molecule has 0 radical (unpaired) electrons. The van der Waals surface area contributed by atoms with Crippen LogP contribution in [-0.2, 0) is 17.8 Å². The summed E-state index contributed by atoms with van der Waals surface area (Å²) in [5.41, 5.74) is 1.96. The minimum atomic E-state index is -0.377. The van der Waals surface area contributed by atoms with Gasteiger partial charge in [0.1, 0.15) is 5.75 Å². The first-order chi connectivity index (χ1) is 13.1. The highest BCUT2D eigenvalue weighted by Crippen LogP contribution is 2.28. The van der Waals surface area contributed by atoms with Crippen molar-refractivity contribution in [1.82, 2.24) is 14.7 Å². The van der Waals surface area contributed by atoms with Gasteiger partial charge >= 0.3 is 0 Å². The second kappa shape index (κ2) is 7.55. The molecular weight excluding hydrogens is 342 g/mol. The maximum absolute atomic E-state index is 12.9. The van der Waals surface area contributed by atoms with Crippen LogP contribution in [0.5, 0.6) is 5.75 Å². The third kappa shape index (κ3) is 3.89. The predicted molar refractivity (Wildman–Crippen MR) is 102 cm³/mol. The van der Waals surface area contributed by atoms with Gasteiger partial charge in [-0.05, 0) is 56.2 Å². The molecule has 0 spiro atoms. The maximum Gasteiger partial charge on any atom is 0.266 e. The molecule has 1 atom stereocenters. The first-order valence-corrected chi connectivity index (χ1v) is 9.68. The number of rotatable bonds is 3. The van der Waals surface area contributed by atoms with Crippen molar-refractivity contribution in [1.29, 1.82) is 0 Å². The summed E-state index contributed by atoms with van der Waals surface area (Å²) in [4.78, 5) is 26.7. The Morgan fingerprint density at radius 2 is 1.93 bits per heavy atom. The molecule has 2 aliphatic rings. The van der Waals surface area contributed by atoms with Crippen LogP contribution in [0.25, 0.3) is 0 Å². The summed E-state index contributed by atoms with van der Waals surface area (Å²) < 4.78 is 7.51. The highest BCUT2D eigenvalue weighted by Gasteiger charge is 2.32. The van der Waals surface area contributed by atoms with Gasteiger partial charge in [0, 0.05) is 25.7 Å². The van der Waals surface area contributed by atoms with Crippen LogP contribution in [0.3, 0.4) is 0 Å². The van der Waals surface area contributed by atoms with Crippen molar-refractivity contribution in [3.05, 3.63) is 58.0 Å². The van der Waals surface area contributed by atoms with Crippen molar-refractivity contribution in [3.63, 3.8) is 0 Å². The van der Waals surface area contributed by atoms with Crippen molar-refractivity contribution in [2.24, 2.45) is 5.92 Å². The Morgan fingerprint density at radius 3 is 2.74 bits per heavy atom. The van der Waals surface area contributed by atoms with Gasteiger partial charge in [-0.25, -0.2) is 4.68 Å². The van der Waals surface area contributed by atoms with E-state index in [1.807, 2.05) is 30.0 Å². The number of nitrogens with zero attached hydrogens (tertiary/aromatic N) is 3. The Kier molecular flexibility index (Phi) is 4.97. The number of hydrogen-bond donors (Lipinski definition) is 0. The molecule has 142 valence electrons. The summed E-state index contributed by atoms with van der Waals surface area (Å²) in [5.74, 6) is 1.30. The van der Waals surface area contributed by atoms with Crippen LogP contribution in [-0.4, -0.2) is 39.8 Å². The van der Waals surface area contributed by atoms with Crippen molar-refractivity contribution in [3.8, 4) is 5.75 Å². The van der Waals surface area contributed by atoms with E-state index in [1.54, 1.807) is 16.8 Å². The molecule has 6 heteroatoms. The summed E-state index contributed by atoms with van der Waals surface area (Å²) in [5, 5.41) is 4.32. The first-order valence-electron chi connectivity index (χ1n) is 9.68. The quantitative estimate of drug-likeness (QED) is 0.834. The monoisotopic (exact) mass is 367 g/mol. The second-order valence-corrected chi connectivity index (χ2v) is 7.52. The number of carbonyl (C=O) groups excluding carboxylic acids is 1. The van der Waals surface area contributed by atoms with Gasteiger partial charge in [0.25, 0.3) is 11.5 Å². The largest absolute Gasteiger partial charge is 0.480 e. The average molecular weight is 367 g/mol. The van der Waals surface area contributed by atoms with Gasteiger partial charge in [0.15, 0.2) is 6.10 Å². The molecule has 1 saturated heterocycles. The number of fused-ring (bicyclic) bond motifs is 1. The topological polar surface area (TPSA) is 64.4 Å². The van der Waals surface area contributed by atoms with Crippen molar-refractivity contribution in [2.45, 2.75) is 45.3 Å². The number of aryl methyl sites for hydroxylation is 2. The Morgan fingerprint density at radius 1 is 1.15 bits per heavy atom. The molecule has 1 aromatic heterocycles. The van der Waals surface area contributed by atoms with Crippen LogP contribution in [0, 0.1) is 12.8 Å². The van der Waals surface area contributed by atoms with E-state index in [4.69, 9.17) is 4.74 Å². The molecule has 0 N–H and O–H groups in total. The fourth-order valence-corrected chi connectivity index (χ4v) is 3.96. The van der Waals surface area contributed by atoms with Gasteiger partial charge in [-0.1, -0.05) is 18.2 Å². The zero-order valence-electron chi connectivity index (χ0n) is 15.6. The molecule has 0 aliphatic carbocycles. The van der Waals surface area contributed by atoms with Gasteiger partial charge in [0.2, 0.25) is 0 Å². The molecule has 1 unspecified atom stereocenters. The summed E-state index contributed by atoms with van der Waals surface area (Å²) in [6.45, 7) is 3.94. The second-order valence-electron chi connectivity index (χ2n) is 7.52. The third-order valence-electron chi connectivity index (χ3n) is 5.55. The van der Waals surface area contributed by atoms with Crippen molar-refractivity contribution >= 4 is 5.91 Å². The van der Waals surface area contributed by atoms with Crippen LogP contribution in [0.2, 0.25) is 0 Å². The zero-order valence-corrected chi connectivity index (χ0v) is 15.6. The number of amides is 1. The molecule has 4 rings (SSSR count). The van der Waals surface area contributed by atoms with E-state index in [9.17, 15) is 9.59 Å². The number of likely N-dealkylation sites (tertiary alicyclic amines) is 1. The molecule has 0 bridgehead atoms. The molecule has 0 saturated carbocycles. The van der Waals surface area contributed by atoms with Crippen LogP contribution < -0.4 is 10.3 Å². The molecular formula is C21H25N3O3. The summed E-state index contributed by atoms with van der Waals surface area (Å²) in [6, 6.07) is 11.3. The van der Waals surface area contributed by atoms with Gasteiger partial charge in [0.05, 0.1) is 5.69 Å². The zero-order chi connectivity index (χ0) is 18.8. The van der Waals surface area contributed by atoms with E-state index in [-0.39, 0.29) is 17.6 Å². The van der Waals surface area contributed by atoms with Crippen LogP contribution in [0.15, 0.2) is 41.2 Å². The van der Waals surface area contributed by atoms with Crippen LogP contribution in [0.1, 0.15) is 30.5 Å². The summed E-state index contributed by atoms with van der Waals surface area (Å²) in [7, 11) is 0. The minimum absolute atomic E-state index is 0.0617. The van der Waals surface area contributed by atoms with E-state index in [0.29, 0.717) is 25.6 Å². The SMILES string of the molecule is Cc1ccc(=O)n(CC2CCN(C(=O)C3CCc4ccccc4O3)CC2)n1. The number of aromatic nitrogens is 2. The summed E-state index contributed by atoms with van der Waals surface area (Å²) >= 11 is 0. The number of benzene rings is 1. The van der Waals surface area contributed by atoms with Crippen LogP contribution >= 0.6 is 0 Å². The Hall–Kier alpha value is -2.63. The first kappa shape index (κ1) is 17.8. The smallest absolute Gasteiger partial charge is 0.266 e. The van der Waals surface area contributed by atoms with Crippen LogP contribution in [0.4, 0.5) is 0 Å². The normalized spacial score (nSPS) is 20.0. The lowest BCUT2D eigenvalue weighted by Gasteiger charge is -2.35. The fourth-order valence-electron chi connectivity index (χ4n) is 3.96. The van der Waals surface area contributed by atoms with E-state index in [2.05, 4.69) is 11.2 Å². The van der Waals surface area contributed by atoms with Crippen molar-refractivity contribution < 1.29 is 9.53 Å². The highest BCUT2D eigenvalue weighted by atomic mass is 16.5. The number of ether oxygens (including phenoxy) is 1. The molecule has 1 fully saturated rings. The van der Waals surface area contributed by atoms with E-state index in [1.165, 1.54) is 5.56 Å². The number of piperidine rings is 1. The van der Waals surface area contributed by atoms with E-state index < -0.39 is 0 Å². The van der Waals surface area contributed by atoms with Crippen molar-refractivity contribution in [2.75, 3.05) is 13.1 Å². The maximum atomic E-state index is 12.9. The number of hydrogen-bond acceptors (Lipinski definition) is 4. The lowest BCUT2D eigenvalue weighted by atomic mass is 9.95. The summed E-state index contributed by atoms with van der Waals surface area (Å²) in [6.07, 6.45) is 3.01. The van der Waals surface area contributed by atoms with Gasteiger partial charge in [-0.3, -0.25) is 9.59 Å². The molecule has 6 nitrogen and oxygen atoms in total. The minimum Gasteiger partial charge on any atom is -0.480 e. The Bertz CT molecular complexity index is 884. The highest BCUT2D eigenvalue weighted by molar-refractivity contribution is 5.81. The molecule has 2 aliphatic heterocycles.